The van der Waals surface area contributed by atoms with Gasteiger partial charge in [0.1, 0.15) is 0 Å². The highest BCUT2D eigenvalue weighted by Crippen LogP contribution is 2.76. The normalized spacial score (nSPS) is 55.2. The first kappa shape index (κ1) is 23.7. The summed E-state index contributed by atoms with van der Waals surface area (Å²) in [6.07, 6.45) is 14.8. The molecule has 2 heteroatoms. The van der Waals surface area contributed by atoms with E-state index in [-0.39, 0.29) is 11.7 Å². The van der Waals surface area contributed by atoms with Gasteiger partial charge in [-0.1, -0.05) is 41.0 Å². The van der Waals surface area contributed by atoms with Crippen LogP contribution in [-0.2, 0) is 4.74 Å². The van der Waals surface area contributed by atoms with E-state index in [2.05, 4.69) is 41.5 Å². The summed E-state index contributed by atoms with van der Waals surface area (Å²) in [4.78, 5) is 0. The summed E-state index contributed by atoms with van der Waals surface area (Å²) in [5.41, 5.74) is 1.17. The molecule has 4 saturated carbocycles. The number of hydrogen-bond acceptors (Lipinski definition) is 2. The Balaban J connectivity index is 1.44. The molecule has 1 aliphatic heterocycles. The molecule has 0 spiro atoms. The number of rotatable bonds is 2. The standard InChI is InChI=1S/C30H52O2/c1-25(2)15-9-16-27(5)22(25)13-18-29(7)23(27)11-10-20-21(12-17-28(20,29)6)30(8)19-14-24(32-30)26(3,4)31/h20-24,31H,9-19H2,1-8H3/t20-,21-,22+,23-,24+,27+,28-,29-,30-/m1/s1. The number of fused-ring (bicyclic) bond motifs is 5. The van der Waals surface area contributed by atoms with E-state index in [0.29, 0.717) is 27.6 Å². The van der Waals surface area contributed by atoms with Gasteiger partial charge in [-0.2, -0.15) is 0 Å². The molecule has 0 unspecified atom stereocenters. The zero-order valence-corrected chi connectivity index (χ0v) is 22.5. The van der Waals surface area contributed by atoms with Crippen LogP contribution in [0.5, 0.6) is 0 Å². The predicted molar refractivity (Wildman–Crippen MR) is 132 cm³/mol. The van der Waals surface area contributed by atoms with Crippen LogP contribution in [0.4, 0.5) is 0 Å². The van der Waals surface area contributed by atoms with Gasteiger partial charge in [-0.15, -0.1) is 0 Å². The van der Waals surface area contributed by atoms with E-state index >= 15 is 0 Å². The minimum Gasteiger partial charge on any atom is -0.388 e. The van der Waals surface area contributed by atoms with Crippen LogP contribution >= 0.6 is 0 Å². The molecule has 0 bridgehead atoms. The molecule has 0 aromatic heterocycles. The van der Waals surface area contributed by atoms with Gasteiger partial charge < -0.3 is 9.84 Å². The molecular formula is C30H52O2. The summed E-state index contributed by atoms with van der Waals surface area (Å²) in [5.74, 6) is 3.23. The van der Waals surface area contributed by atoms with Crippen molar-refractivity contribution in [2.75, 3.05) is 0 Å². The van der Waals surface area contributed by atoms with Gasteiger partial charge >= 0.3 is 0 Å². The molecule has 0 amide bonds. The van der Waals surface area contributed by atoms with Gasteiger partial charge in [0.25, 0.3) is 0 Å². The molecule has 1 heterocycles. The Morgan fingerprint density at radius 2 is 1.38 bits per heavy atom. The van der Waals surface area contributed by atoms with Crippen molar-refractivity contribution in [3.63, 3.8) is 0 Å². The largest absolute Gasteiger partial charge is 0.388 e. The third-order valence-electron chi connectivity index (χ3n) is 13.0. The van der Waals surface area contributed by atoms with Crippen LogP contribution in [0.1, 0.15) is 126 Å². The van der Waals surface area contributed by atoms with E-state index < -0.39 is 5.60 Å². The lowest BCUT2D eigenvalue weighted by molar-refractivity contribution is -0.211. The number of hydrogen-bond donors (Lipinski definition) is 1. The molecular weight excluding hydrogens is 392 g/mol. The smallest absolute Gasteiger partial charge is 0.0865 e. The molecule has 4 aliphatic carbocycles. The van der Waals surface area contributed by atoms with E-state index in [9.17, 15) is 5.11 Å². The summed E-state index contributed by atoms with van der Waals surface area (Å²) in [6, 6.07) is 0. The molecule has 32 heavy (non-hydrogen) atoms. The van der Waals surface area contributed by atoms with E-state index in [1.54, 1.807) is 0 Å². The summed E-state index contributed by atoms with van der Waals surface area (Å²) in [7, 11) is 0. The van der Waals surface area contributed by atoms with Crippen LogP contribution in [0.25, 0.3) is 0 Å². The Morgan fingerprint density at radius 3 is 2.03 bits per heavy atom. The maximum Gasteiger partial charge on any atom is 0.0865 e. The zero-order chi connectivity index (χ0) is 23.4. The lowest BCUT2D eigenvalue weighted by atomic mass is 9.35. The van der Waals surface area contributed by atoms with Crippen molar-refractivity contribution in [1.82, 2.24) is 0 Å². The molecule has 2 nitrogen and oxygen atoms in total. The van der Waals surface area contributed by atoms with Crippen molar-refractivity contribution in [1.29, 1.82) is 0 Å². The second-order valence-electron chi connectivity index (χ2n) is 15.3. The first-order valence-electron chi connectivity index (χ1n) is 14.1. The van der Waals surface area contributed by atoms with Gasteiger partial charge in [0.15, 0.2) is 0 Å². The average molecular weight is 445 g/mol. The topological polar surface area (TPSA) is 29.5 Å². The highest BCUT2D eigenvalue weighted by atomic mass is 16.5. The summed E-state index contributed by atoms with van der Waals surface area (Å²) >= 11 is 0. The number of ether oxygens (including phenoxy) is 1. The predicted octanol–water partition coefficient (Wildman–Crippen LogP) is 7.77. The van der Waals surface area contributed by atoms with E-state index in [4.69, 9.17) is 4.74 Å². The van der Waals surface area contributed by atoms with Crippen molar-refractivity contribution >= 4 is 0 Å². The average Bonchev–Trinajstić information content (AvgIpc) is 3.23. The SMILES string of the molecule is CC(C)(O)[C@@H]1CC[C@](C)([C@@H]2CC[C@]3(C)[C@@H]2CC[C@@H]2[C@@]4(C)CCCC(C)(C)[C@@H]4CC[C@]23C)O1. The minimum absolute atomic E-state index is 0.00916. The van der Waals surface area contributed by atoms with Gasteiger partial charge in [0.05, 0.1) is 17.3 Å². The van der Waals surface area contributed by atoms with Crippen LogP contribution in [0.3, 0.4) is 0 Å². The van der Waals surface area contributed by atoms with E-state index in [1.807, 2.05) is 13.8 Å². The van der Waals surface area contributed by atoms with Gasteiger partial charge in [0, 0.05) is 0 Å². The van der Waals surface area contributed by atoms with Crippen molar-refractivity contribution < 1.29 is 9.84 Å². The molecule has 5 fully saturated rings. The van der Waals surface area contributed by atoms with Gasteiger partial charge in [0.2, 0.25) is 0 Å². The molecule has 0 aromatic carbocycles. The van der Waals surface area contributed by atoms with Gasteiger partial charge in [-0.25, -0.2) is 0 Å². The molecule has 5 rings (SSSR count). The summed E-state index contributed by atoms with van der Waals surface area (Å²) in [5, 5.41) is 10.6. The maximum atomic E-state index is 10.6. The lowest BCUT2D eigenvalue weighted by Crippen LogP contribution is -2.62. The summed E-state index contributed by atoms with van der Waals surface area (Å²) < 4.78 is 6.74. The Bertz CT molecular complexity index is 750. The molecule has 1 saturated heterocycles. The molecule has 1 N–H and O–H groups in total. The molecule has 9 atom stereocenters. The fraction of sp³-hybridized carbons (Fsp3) is 1.00. The van der Waals surface area contributed by atoms with Crippen LogP contribution in [0.2, 0.25) is 0 Å². The Hall–Kier alpha value is -0.0800. The monoisotopic (exact) mass is 444 g/mol. The van der Waals surface area contributed by atoms with E-state index in [1.165, 1.54) is 57.8 Å². The third-order valence-corrected chi connectivity index (χ3v) is 13.0. The Labute approximate surface area is 198 Å². The van der Waals surface area contributed by atoms with Crippen molar-refractivity contribution in [2.24, 2.45) is 45.3 Å². The van der Waals surface area contributed by atoms with Crippen molar-refractivity contribution in [3.05, 3.63) is 0 Å². The maximum absolute atomic E-state index is 10.6. The highest BCUT2D eigenvalue weighted by molar-refractivity contribution is 5.18. The Kier molecular flexibility index (Phi) is 5.17. The summed E-state index contributed by atoms with van der Waals surface area (Å²) in [6.45, 7) is 19.6. The molecule has 0 aromatic rings. The number of aliphatic hydroxyl groups is 1. The third kappa shape index (κ3) is 3.03. The van der Waals surface area contributed by atoms with Gasteiger partial charge in [-0.05, 0) is 130 Å². The lowest BCUT2D eigenvalue weighted by Gasteiger charge is -2.69. The minimum atomic E-state index is -0.732. The van der Waals surface area contributed by atoms with Crippen LogP contribution < -0.4 is 0 Å². The van der Waals surface area contributed by atoms with Gasteiger partial charge in [-0.3, -0.25) is 0 Å². The first-order valence-corrected chi connectivity index (χ1v) is 14.1. The quantitative estimate of drug-likeness (QED) is 0.471. The first-order chi connectivity index (χ1) is 14.7. The Morgan fingerprint density at radius 1 is 0.688 bits per heavy atom. The van der Waals surface area contributed by atoms with Crippen LogP contribution in [0.15, 0.2) is 0 Å². The van der Waals surface area contributed by atoms with Crippen LogP contribution in [-0.4, -0.2) is 22.4 Å². The molecule has 184 valence electrons. The second kappa shape index (κ2) is 6.99. The molecule has 0 radical (unpaired) electrons. The second-order valence-corrected chi connectivity index (χ2v) is 15.3. The zero-order valence-electron chi connectivity index (χ0n) is 22.5. The van der Waals surface area contributed by atoms with Crippen LogP contribution in [0, 0.1) is 45.3 Å². The fourth-order valence-corrected chi connectivity index (χ4v) is 11.2. The fourth-order valence-electron chi connectivity index (χ4n) is 11.2. The van der Waals surface area contributed by atoms with E-state index in [0.717, 1.165) is 30.6 Å². The molecule has 5 aliphatic rings. The van der Waals surface area contributed by atoms with Crippen molar-refractivity contribution in [2.45, 2.75) is 143 Å². The highest BCUT2D eigenvalue weighted by Gasteiger charge is 2.69. The van der Waals surface area contributed by atoms with Crippen molar-refractivity contribution in [3.8, 4) is 0 Å².